The van der Waals surface area contributed by atoms with Crippen molar-refractivity contribution in [2.24, 2.45) is 17.6 Å². The Labute approximate surface area is 301 Å². The first-order chi connectivity index (χ1) is 23.4. The van der Waals surface area contributed by atoms with Gasteiger partial charge < -0.3 is 31.3 Å². The number of likely N-dealkylation sites (tertiary alicyclic amines) is 1. The lowest BCUT2D eigenvalue weighted by Gasteiger charge is -2.40. The van der Waals surface area contributed by atoms with Crippen LogP contribution in [0.2, 0.25) is 0 Å². The largest absolute Gasteiger partial charge is 0.371 e. The maximum absolute atomic E-state index is 14.7. The highest BCUT2D eigenvalue weighted by Gasteiger charge is 2.47. The van der Waals surface area contributed by atoms with Crippen molar-refractivity contribution in [2.75, 3.05) is 12.3 Å². The van der Waals surface area contributed by atoms with E-state index in [1.165, 1.54) is 4.90 Å². The SMILES string of the molecule is CC(C)(C)OC1C[C@@H](C(=O)NC(CC2CCC2)C(=O)C(N)=O)N(C(=O)[C@@H](NC(=O)NC2(CS(=O)C(C)(C)C)CCCCC2)C2CCCCC2)C1. The number of ketones is 1. The van der Waals surface area contributed by atoms with Crippen molar-refractivity contribution in [3.8, 4) is 0 Å². The molecule has 50 heavy (non-hydrogen) atoms. The molecule has 12 nitrogen and oxygen atoms in total. The highest BCUT2D eigenvalue weighted by Crippen LogP contribution is 2.34. The quantitative estimate of drug-likeness (QED) is 0.208. The number of nitrogens with one attached hydrogen (secondary N) is 3. The monoisotopic (exact) mass is 721 g/mol. The molecule has 1 saturated heterocycles. The average molecular weight is 722 g/mol. The first kappa shape index (κ1) is 40.2. The van der Waals surface area contributed by atoms with E-state index in [-0.39, 0.29) is 30.7 Å². The average Bonchev–Trinajstić information content (AvgIpc) is 3.42. The van der Waals surface area contributed by atoms with E-state index in [4.69, 9.17) is 10.5 Å². The molecule has 3 saturated carbocycles. The minimum absolute atomic E-state index is 0.123. The number of hydrogen-bond acceptors (Lipinski definition) is 7. The molecule has 1 heterocycles. The lowest BCUT2D eigenvalue weighted by atomic mass is 9.80. The number of nitrogens with two attached hydrogens (primary N) is 1. The van der Waals surface area contributed by atoms with E-state index < -0.39 is 74.5 Å². The third-order valence-corrected chi connectivity index (χ3v) is 13.2. The highest BCUT2D eigenvalue weighted by molar-refractivity contribution is 7.86. The number of urea groups is 1. The molecule has 1 aliphatic heterocycles. The molecule has 0 aromatic carbocycles. The van der Waals surface area contributed by atoms with Gasteiger partial charge in [0.2, 0.25) is 17.6 Å². The molecule has 4 aliphatic rings. The number of carbonyl (C=O) groups excluding carboxylic acids is 5. The fourth-order valence-corrected chi connectivity index (χ4v) is 9.35. The van der Waals surface area contributed by atoms with Crippen molar-refractivity contribution in [3.63, 3.8) is 0 Å². The fraction of sp³-hybridized carbons (Fsp3) is 0.865. The van der Waals surface area contributed by atoms with Gasteiger partial charge in [0, 0.05) is 34.3 Å². The van der Waals surface area contributed by atoms with E-state index in [1.807, 2.05) is 41.5 Å². The summed E-state index contributed by atoms with van der Waals surface area (Å²) in [4.78, 5) is 68.9. The Kier molecular flexibility index (Phi) is 13.6. The topological polar surface area (TPSA) is 177 Å². The molecule has 284 valence electrons. The summed E-state index contributed by atoms with van der Waals surface area (Å²) in [5.74, 6) is -2.40. The molecule has 3 aliphatic carbocycles. The van der Waals surface area contributed by atoms with E-state index >= 15 is 0 Å². The highest BCUT2D eigenvalue weighted by atomic mass is 32.2. The van der Waals surface area contributed by atoms with Crippen LogP contribution in [0.1, 0.15) is 138 Å². The number of carbonyl (C=O) groups is 5. The van der Waals surface area contributed by atoms with E-state index in [0.717, 1.165) is 83.5 Å². The van der Waals surface area contributed by atoms with Gasteiger partial charge in [0.15, 0.2) is 0 Å². The molecule has 0 radical (unpaired) electrons. The number of primary amides is 1. The minimum Gasteiger partial charge on any atom is -0.371 e. The van der Waals surface area contributed by atoms with Crippen molar-refractivity contribution in [3.05, 3.63) is 0 Å². The van der Waals surface area contributed by atoms with Crippen LogP contribution in [-0.2, 0) is 34.7 Å². The molecule has 5 amide bonds. The van der Waals surface area contributed by atoms with Crippen LogP contribution < -0.4 is 21.7 Å². The van der Waals surface area contributed by atoms with Crippen LogP contribution in [0.25, 0.3) is 0 Å². The molecule has 3 unspecified atom stereocenters. The predicted molar refractivity (Wildman–Crippen MR) is 193 cm³/mol. The Morgan fingerprint density at radius 1 is 0.880 bits per heavy atom. The van der Waals surface area contributed by atoms with Gasteiger partial charge in [-0.15, -0.1) is 0 Å². The van der Waals surface area contributed by atoms with Gasteiger partial charge in [0.1, 0.15) is 12.1 Å². The zero-order valence-electron chi connectivity index (χ0n) is 31.3. The molecule has 0 spiro atoms. The van der Waals surface area contributed by atoms with Crippen LogP contribution in [0.4, 0.5) is 4.79 Å². The number of amides is 5. The Balaban J connectivity index is 1.58. The van der Waals surface area contributed by atoms with Crippen molar-refractivity contribution in [1.82, 2.24) is 20.9 Å². The number of nitrogens with zero attached hydrogens (tertiary/aromatic N) is 1. The van der Waals surface area contributed by atoms with Crippen LogP contribution in [0.5, 0.6) is 0 Å². The van der Waals surface area contributed by atoms with E-state index in [2.05, 4.69) is 16.0 Å². The van der Waals surface area contributed by atoms with E-state index in [0.29, 0.717) is 12.2 Å². The summed E-state index contributed by atoms with van der Waals surface area (Å²) >= 11 is 0. The van der Waals surface area contributed by atoms with Gasteiger partial charge in [-0.25, -0.2) is 4.79 Å². The Morgan fingerprint density at radius 3 is 2.04 bits per heavy atom. The van der Waals surface area contributed by atoms with Crippen molar-refractivity contribution < 1.29 is 32.9 Å². The first-order valence-corrected chi connectivity index (χ1v) is 20.3. The van der Waals surface area contributed by atoms with E-state index in [9.17, 15) is 28.2 Å². The van der Waals surface area contributed by atoms with Crippen LogP contribution >= 0.6 is 0 Å². The van der Waals surface area contributed by atoms with Gasteiger partial charge in [-0.3, -0.25) is 23.4 Å². The zero-order valence-corrected chi connectivity index (χ0v) is 32.1. The molecule has 0 aromatic rings. The second-order valence-corrected chi connectivity index (χ2v) is 19.5. The standard InChI is InChI=1S/C37H63N5O7S/c1-35(2,3)49-26-21-28(32(45)39-27(30(43)31(38)44)20-24-14-13-15-24)42(22-26)33(46)29(25-16-9-7-10-17-25)40-34(47)41-37(18-11-8-12-19-37)23-50(48)36(4,5)6/h24-29H,7-23H2,1-6H3,(H2,38,44)(H,39,45)(H2,40,41,47)/t26?,27?,28-,29-,50?/m0/s1. The molecular formula is C37H63N5O7S. The van der Waals surface area contributed by atoms with Crippen LogP contribution in [0.15, 0.2) is 0 Å². The lowest BCUT2D eigenvalue weighted by Crippen LogP contribution is -2.62. The molecule has 0 bridgehead atoms. The molecule has 5 N–H and O–H groups in total. The normalized spacial score (nSPS) is 25.1. The van der Waals surface area contributed by atoms with Crippen molar-refractivity contribution >= 4 is 40.3 Å². The number of ether oxygens (including phenoxy) is 1. The van der Waals surface area contributed by atoms with Gasteiger partial charge in [-0.05, 0) is 85.5 Å². The molecule has 4 rings (SSSR count). The number of hydrogen-bond donors (Lipinski definition) is 4. The maximum atomic E-state index is 14.7. The summed E-state index contributed by atoms with van der Waals surface area (Å²) in [6, 6.07) is -3.37. The summed E-state index contributed by atoms with van der Waals surface area (Å²) in [7, 11) is -1.18. The first-order valence-electron chi connectivity index (χ1n) is 19.0. The summed E-state index contributed by atoms with van der Waals surface area (Å²) in [6.45, 7) is 11.7. The third kappa shape index (κ3) is 11.0. The fourth-order valence-electron chi connectivity index (χ4n) is 8.05. The minimum atomic E-state index is -1.18. The summed E-state index contributed by atoms with van der Waals surface area (Å²) in [6.07, 6.45) is 11.7. The maximum Gasteiger partial charge on any atom is 0.315 e. The number of Topliss-reactive ketones (excluding diaryl/α,β-unsaturated/α-hetero) is 1. The second-order valence-electron chi connectivity index (χ2n) is 17.3. The molecule has 5 atom stereocenters. The van der Waals surface area contributed by atoms with Gasteiger partial charge in [-0.1, -0.05) is 57.8 Å². The van der Waals surface area contributed by atoms with Gasteiger partial charge in [0.05, 0.1) is 23.3 Å². The smallest absolute Gasteiger partial charge is 0.315 e. The number of rotatable bonds is 13. The van der Waals surface area contributed by atoms with E-state index in [1.54, 1.807) is 0 Å². The molecular weight excluding hydrogens is 659 g/mol. The Hall–Kier alpha value is -2.54. The lowest BCUT2D eigenvalue weighted by molar-refractivity contribution is -0.143. The molecule has 13 heteroatoms. The van der Waals surface area contributed by atoms with Crippen molar-refractivity contribution in [2.45, 2.75) is 178 Å². The Bertz CT molecular complexity index is 1260. The van der Waals surface area contributed by atoms with Gasteiger partial charge >= 0.3 is 6.03 Å². The van der Waals surface area contributed by atoms with Crippen LogP contribution in [0.3, 0.4) is 0 Å². The van der Waals surface area contributed by atoms with Gasteiger partial charge in [0.25, 0.3) is 5.91 Å². The van der Waals surface area contributed by atoms with Crippen molar-refractivity contribution in [1.29, 1.82) is 0 Å². The summed E-state index contributed by atoms with van der Waals surface area (Å²) < 4.78 is 19.2. The third-order valence-electron chi connectivity index (χ3n) is 11.0. The molecule has 4 fully saturated rings. The second kappa shape index (κ2) is 16.9. The van der Waals surface area contributed by atoms with Crippen LogP contribution in [0, 0.1) is 11.8 Å². The molecule has 0 aromatic heterocycles. The van der Waals surface area contributed by atoms with Gasteiger partial charge in [-0.2, -0.15) is 0 Å². The summed E-state index contributed by atoms with van der Waals surface area (Å²) in [5, 5.41) is 9.05. The Morgan fingerprint density at radius 2 is 1.50 bits per heavy atom. The predicted octanol–water partition coefficient (Wildman–Crippen LogP) is 4.00. The zero-order chi connectivity index (χ0) is 36.9. The summed E-state index contributed by atoms with van der Waals surface area (Å²) in [5.41, 5.74) is 4.20. The van der Waals surface area contributed by atoms with Crippen LogP contribution in [-0.4, -0.2) is 91.1 Å².